The molecule has 0 saturated heterocycles. The zero-order valence-electron chi connectivity index (χ0n) is 19.2. The van der Waals surface area contributed by atoms with Crippen LogP contribution in [0.3, 0.4) is 0 Å². The Morgan fingerprint density at radius 1 is 0.935 bits per heavy atom. The Morgan fingerprint density at radius 3 is 2.03 bits per heavy atom. The lowest BCUT2D eigenvalue weighted by Gasteiger charge is -2.28. The van der Waals surface area contributed by atoms with Gasteiger partial charge in [0.2, 0.25) is 0 Å². The van der Waals surface area contributed by atoms with Crippen molar-refractivity contribution < 1.29 is 23.7 Å². The molecule has 0 N–H and O–H groups in total. The first kappa shape index (κ1) is 22.5. The van der Waals surface area contributed by atoms with Gasteiger partial charge >= 0.3 is 0 Å². The molecule has 0 fully saturated rings. The minimum atomic E-state index is -0.0247. The molecule has 0 atom stereocenters. The van der Waals surface area contributed by atoms with Gasteiger partial charge in [-0.15, -0.1) is 0 Å². The molecule has 3 rings (SSSR count). The minimum absolute atomic E-state index is 0.0247. The molecule has 0 aromatic heterocycles. The van der Waals surface area contributed by atoms with Crippen molar-refractivity contribution in [2.45, 2.75) is 27.2 Å². The smallest absolute Gasteiger partial charge is 0.260 e. The van der Waals surface area contributed by atoms with Crippen molar-refractivity contribution in [2.24, 2.45) is 0 Å². The topological polar surface area (TPSA) is 57.2 Å². The fraction of sp³-hybridized carbons (Fsp3) is 0.400. The number of rotatable bonds is 7. The van der Waals surface area contributed by atoms with Crippen LogP contribution in [-0.2, 0) is 4.79 Å². The lowest BCUT2D eigenvalue weighted by Crippen LogP contribution is -2.38. The van der Waals surface area contributed by atoms with Crippen LogP contribution < -0.4 is 18.9 Å². The largest absolute Gasteiger partial charge is 0.496 e. The van der Waals surface area contributed by atoms with Gasteiger partial charge in [0, 0.05) is 25.2 Å². The van der Waals surface area contributed by atoms with Crippen molar-refractivity contribution in [3.63, 3.8) is 0 Å². The maximum Gasteiger partial charge on any atom is 0.260 e. The summed E-state index contributed by atoms with van der Waals surface area (Å²) >= 11 is 0. The van der Waals surface area contributed by atoms with E-state index in [9.17, 15) is 4.79 Å². The van der Waals surface area contributed by atoms with E-state index < -0.39 is 0 Å². The van der Waals surface area contributed by atoms with E-state index in [2.05, 4.69) is 25.1 Å². The molecule has 1 aliphatic heterocycles. The Kier molecular flexibility index (Phi) is 7.10. The second-order valence-corrected chi connectivity index (χ2v) is 7.74. The first-order chi connectivity index (χ1) is 14.9. The van der Waals surface area contributed by atoms with Gasteiger partial charge < -0.3 is 23.8 Å². The molecule has 0 unspecified atom stereocenters. The molecule has 0 spiro atoms. The predicted molar refractivity (Wildman–Crippen MR) is 121 cm³/mol. The van der Waals surface area contributed by atoms with Crippen molar-refractivity contribution in [3.8, 4) is 23.0 Å². The van der Waals surface area contributed by atoms with Crippen LogP contribution in [0.4, 0.5) is 0 Å². The van der Waals surface area contributed by atoms with Gasteiger partial charge in [-0.3, -0.25) is 4.79 Å². The Hall–Kier alpha value is -3.15. The second kappa shape index (κ2) is 9.77. The molecule has 1 heterocycles. The van der Waals surface area contributed by atoms with E-state index in [1.807, 2.05) is 30.9 Å². The number of benzene rings is 2. The van der Waals surface area contributed by atoms with E-state index in [1.54, 1.807) is 21.3 Å². The van der Waals surface area contributed by atoms with Crippen LogP contribution in [0.25, 0.3) is 5.57 Å². The monoisotopic (exact) mass is 425 g/mol. The quantitative estimate of drug-likeness (QED) is 0.661. The molecule has 6 heteroatoms. The highest BCUT2D eigenvalue weighted by Crippen LogP contribution is 2.40. The zero-order chi connectivity index (χ0) is 22.5. The van der Waals surface area contributed by atoms with Crippen LogP contribution in [0.15, 0.2) is 30.3 Å². The first-order valence-electron chi connectivity index (χ1n) is 10.4. The first-order valence-corrected chi connectivity index (χ1v) is 10.4. The molecule has 2 aromatic carbocycles. The van der Waals surface area contributed by atoms with Crippen molar-refractivity contribution in [1.29, 1.82) is 0 Å². The number of ether oxygens (including phenoxy) is 4. The van der Waals surface area contributed by atoms with E-state index >= 15 is 0 Å². The molecule has 1 aliphatic rings. The molecule has 0 aliphatic carbocycles. The van der Waals surface area contributed by atoms with Crippen LogP contribution in [0.5, 0.6) is 23.0 Å². The maximum atomic E-state index is 12.7. The van der Waals surface area contributed by atoms with Gasteiger partial charge in [-0.1, -0.05) is 23.8 Å². The number of hydrogen-bond donors (Lipinski definition) is 0. The molecule has 0 bridgehead atoms. The van der Waals surface area contributed by atoms with Crippen molar-refractivity contribution in [1.82, 2.24) is 4.90 Å². The third kappa shape index (κ3) is 4.95. The summed E-state index contributed by atoms with van der Waals surface area (Å²) in [6.45, 7) is 7.22. The summed E-state index contributed by atoms with van der Waals surface area (Å²) in [6.07, 6.45) is 2.75. The van der Waals surface area contributed by atoms with Crippen LogP contribution >= 0.6 is 0 Å². The minimum Gasteiger partial charge on any atom is -0.496 e. The molecular formula is C25H31NO5. The maximum absolute atomic E-state index is 12.7. The summed E-state index contributed by atoms with van der Waals surface area (Å²) in [7, 11) is 4.87. The number of hydrogen-bond acceptors (Lipinski definition) is 5. The fourth-order valence-corrected chi connectivity index (χ4v) is 4.06. The SMILES string of the molecule is COc1cc(OC)c(C2=CCN(C(=O)COc3c(C)cc(C)cc3C)CC2)c(OC)c1. The molecule has 2 aromatic rings. The number of amides is 1. The lowest BCUT2D eigenvalue weighted by atomic mass is 9.97. The standard InChI is InChI=1S/C25H31NO5/c1-16-11-17(2)25(18(3)12-16)31-15-23(27)26-9-7-19(8-10-26)24-21(29-5)13-20(28-4)14-22(24)30-6/h7,11-14H,8-10,15H2,1-6H3. The number of carbonyl (C=O) groups excluding carboxylic acids is 1. The molecule has 31 heavy (non-hydrogen) atoms. The second-order valence-electron chi connectivity index (χ2n) is 7.74. The number of methoxy groups -OCH3 is 3. The highest BCUT2D eigenvalue weighted by molar-refractivity contribution is 5.82. The molecule has 0 saturated carbocycles. The van der Waals surface area contributed by atoms with E-state index in [4.69, 9.17) is 18.9 Å². The third-order valence-electron chi connectivity index (χ3n) is 5.54. The summed E-state index contributed by atoms with van der Waals surface area (Å²) in [5, 5.41) is 0. The lowest BCUT2D eigenvalue weighted by molar-refractivity contribution is -0.132. The average molecular weight is 426 g/mol. The summed E-state index contributed by atoms with van der Waals surface area (Å²) in [5.41, 5.74) is 5.27. The van der Waals surface area contributed by atoms with Crippen molar-refractivity contribution >= 4 is 11.5 Å². The summed E-state index contributed by atoms with van der Waals surface area (Å²) in [6, 6.07) is 7.82. The summed E-state index contributed by atoms with van der Waals surface area (Å²) in [4.78, 5) is 14.5. The Labute approximate surface area is 184 Å². The molecular weight excluding hydrogens is 394 g/mol. The zero-order valence-corrected chi connectivity index (χ0v) is 19.2. The molecule has 6 nitrogen and oxygen atoms in total. The highest BCUT2D eigenvalue weighted by Gasteiger charge is 2.23. The van der Waals surface area contributed by atoms with Gasteiger partial charge in [0.05, 0.1) is 26.9 Å². The number of carbonyl (C=O) groups is 1. The fourth-order valence-electron chi connectivity index (χ4n) is 4.06. The van der Waals surface area contributed by atoms with Gasteiger partial charge in [0.25, 0.3) is 5.91 Å². The van der Waals surface area contributed by atoms with Crippen molar-refractivity contribution in [2.75, 3.05) is 41.0 Å². The van der Waals surface area contributed by atoms with Crippen LogP contribution in [0, 0.1) is 20.8 Å². The van der Waals surface area contributed by atoms with E-state index in [0.717, 1.165) is 28.0 Å². The van der Waals surface area contributed by atoms with Gasteiger partial charge in [0.1, 0.15) is 23.0 Å². The van der Waals surface area contributed by atoms with Gasteiger partial charge in [0.15, 0.2) is 6.61 Å². The third-order valence-corrected chi connectivity index (χ3v) is 5.54. The molecule has 166 valence electrons. The predicted octanol–water partition coefficient (Wildman–Crippen LogP) is 4.33. The van der Waals surface area contributed by atoms with Crippen LogP contribution in [0.1, 0.15) is 28.7 Å². The van der Waals surface area contributed by atoms with Gasteiger partial charge in [-0.25, -0.2) is 0 Å². The Balaban J connectivity index is 1.71. The van der Waals surface area contributed by atoms with Crippen LogP contribution in [0.2, 0.25) is 0 Å². The van der Waals surface area contributed by atoms with E-state index in [1.165, 1.54) is 5.56 Å². The van der Waals surface area contributed by atoms with E-state index in [-0.39, 0.29) is 12.5 Å². The Bertz CT molecular complexity index is 947. The average Bonchev–Trinajstić information content (AvgIpc) is 2.77. The van der Waals surface area contributed by atoms with Crippen molar-refractivity contribution in [3.05, 3.63) is 52.6 Å². The number of nitrogens with zero attached hydrogens (tertiary/aromatic N) is 1. The molecule has 0 radical (unpaired) electrons. The summed E-state index contributed by atoms with van der Waals surface area (Å²) in [5.74, 6) is 2.82. The normalized spacial score (nSPS) is 13.5. The Morgan fingerprint density at radius 2 is 1.55 bits per heavy atom. The molecule has 1 amide bonds. The van der Waals surface area contributed by atoms with Crippen LogP contribution in [-0.4, -0.2) is 51.8 Å². The van der Waals surface area contributed by atoms with Gasteiger partial charge in [-0.2, -0.15) is 0 Å². The summed E-state index contributed by atoms with van der Waals surface area (Å²) < 4.78 is 22.4. The highest BCUT2D eigenvalue weighted by atomic mass is 16.5. The van der Waals surface area contributed by atoms with E-state index in [0.29, 0.717) is 36.8 Å². The van der Waals surface area contributed by atoms with Gasteiger partial charge in [-0.05, 0) is 43.9 Å². The number of aryl methyl sites for hydroxylation is 3.